The molecule has 10 heteroatoms. The lowest BCUT2D eigenvalue weighted by Gasteiger charge is -2.13. The van der Waals surface area contributed by atoms with Gasteiger partial charge in [0.05, 0.1) is 28.8 Å². The number of carboxylic acids is 1. The smallest absolute Gasteiger partial charge is 0.322 e. The van der Waals surface area contributed by atoms with Crippen molar-refractivity contribution in [3.8, 4) is 11.4 Å². The summed E-state index contributed by atoms with van der Waals surface area (Å²) in [6, 6.07) is 5.71. The second kappa shape index (κ2) is 9.93. The fourth-order valence-corrected chi connectivity index (χ4v) is 2.22. The fraction of sp³-hybridized carbons (Fsp3) is 0.263. The highest BCUT2D eigenvalue weighted by Gasteiger charge is 2.15. The number of hydrogen-bond acceptors (Lipinski definition) is 6. The van der Waals surface area contributed by atoms with Crippen LogP contribution in [0.4, 0.5) is 5.69 Å². The van der Waals surface area contributed by atoms with Gasteiger partial charge in [-0.25, -0.2) is 0 Å². The zero-order chi connectivity index (χ0) is 21.4. The van der Waals surface area contributed by atoms with Crippen LogP contribution in [0.15, 0.2) is 36.7 Å². The highest BCUT2D eigenvalue weighted by atomic mass is 16.4. The maximum Gasteiger partial charge on any atom is 0.322 e. The average molecular weight is 399 g/mol. The van der Waals surface area contributed by atoms with Gasteiger partial charge < -0.3 is 21.1 Å². The molecule has 0 saturated carbocycles. The molecule has 0 unspecified atom stereocenters. The fourth-order valence-electron chi connectivity index (χ4n) is 2.22. The molecule has 2 heterocycles. The third-order valence-electron chi connectivity index (χ3n) is 3.81. The first-order chi connectivity index (χ1) is 13.8. The second-order valence-electron chi connectivity index (χ2n) is 6.07. The monoisotopic (exact) mass is 399 g/mol. The normalized spacial score (nSPS) is 11.2. The van der Waals surface area contributed by atoms with E-state index in [9.17, 15) is 19.2 Å². The van der Waals surface area contributed by atoms with Crippen LogP contribution in [0.3, 0.4) is 0 Å². The predicted octanol–water partition coefficient (Wildman–Crippen LogP) is 0.811. The van der Waals surface area contributed by atoms with Crippen LogP contribution in [0.5, 0.6) is 0 Å². The lowest BCUT2D eigenvalue weighted by atomic mass is 10.2. The third-order valence-corrected chi connectivity index (χ3v) is 3.81. The van der Waals surface area contributed by atoms with Crippen LogP contribution in [-0.4, -0.2) is 51.4 Å². The molecule has 0 radical (unpaired) electrons. The van der Waals surface area contributed by atoms with Crippen LogP contribution in [0, 0.1) is 0 Å². The first-order valence-electron chi connectivity index (χ1n) is 8.82. The molecule has 152 valence electrons. The number of amides is 3. The van der Waals surface area contributed by atoms with Crippen molar-refractivity contribution in [2.45, 2.75) is 26.3 Å². The molecule has 29 heavy (non-hydrogen) atoms. The Morgan fingerprint density at radius 2 is 1.69 bits per heavy atom. The van der Waals surface area contributed by atoms with E-state index in [0.717, 1.165) is 0 Å². The van der Waals surface area contributed by atoms with Gasteiger partial charge in [-0.3, -0.25) is 29.1 Å². The molecule has 0 aliphatic rings. The zero-order valence-corrected chi connectivity index (χ0v) is 15.9. The van der Waals surface area contributed by atoms with Crippen molar-refractivity contribution in [2.24, 2.45) is 0 Å². The van der Waals surface area contributed by atoms with Crippen molar-refractivity contribution in [3.05, 3.63) is 42.2 Å². The summed E-state index contributed by atoms with van der Waals surface area (Å²) in [5.74, 6) is -2.26. The number of aliphatic carboxylic acids is 1. The lowest BCUT2D eigenvalue weighted by Crippen LogP contribution is -2.41. The summed E-state index contributed by atoms with van der Waals surface area (Å²) in [5.41, 5.74) is 1.71. The number of carboxylic acid groups (broad SMARTS) is 1. The van der Waals surface area contributed by atoms with E-state index in [-0.39, 0.29) is 17.4 Å². The Kier molecular flexibility index (Phi) is 7.35. The van der Waals surface area contributed by atoms with Crippen LogP contribution < -0.4 is 16.0 Å². The SMILES string of the molecule is CCC(=O)N[C@@H](C)C(=O)Nc1ccc(-c2ccc(C(=O)NCC(=O)O)cn2)nc1. The highest BCUT2D eigenvalue weighted by Crippen LogP contribution is 2.17. The molecule has 0 fully saturated rings. The third kappa shape index (κ3) is 6.38. The summed E-state index contributed by atoms with van der Waals surface area (Å²) in [6.07, 6.45) is 3.07. The van der Waals surface area contributed by atoms with Crippen molar-refractivity contribution >= 4 is 29.4 Å². The highest BCUT2D eigenvalue weighted by molar-refractivity contribution is 5.97. The van der Waals surface area contributed by atoms with E-state index >= 15 is 0 Å². The summed E-state index contributed by atoms with van der Waals surface area (Å²) in [6.45, 7) is 2.81. The summed E-state index contributed by atoms with van der Waals surface area (Å²) in [7, 11) is 0. The van der Waals surface area contributed by atoms with Gasteiger partial charge in [0.2, 0.25) is 11.8 Å². The molecule has 4 N–H and O–H groups in total. The number of rotatable bonds is 8. The zero-order valence-electron chi connectivity index (χ0n) is 15.9. The van der Waals surface area contributed by atoms with Gasteiger partial charge in [0.1, 0.15) is 12.6 Å². The van der Waals surface area contributed by atoms with Crippen LogP contribution in [0.1, 0.15) is 30.6 Å². The van der Waals surface area contributed by atoms with E-state index in [1.807, 2.05) is 0 Å². The largest absolute Gasteiger partial charge is 0.480 e. The summed E-state index contributed by atoms with van der Waals surface area (Å²) < 4.78 is 0. The van der Waals surface area contributed by atoms with Crippen molar-refractivity contribution < 1.29 is 24.3 Å². The topological polar surface area (TPSA) is 150 Å². The molecular formula is C19H21N5O5. The van der Waals surface area contributed by atoms with Crippen molar-refractivity contribution in [1.82, 2.24) is 20.6 Å². The Labute approximate surface area is 166 Å². The number of hydrogen-bond donors (Lipinski definition) is 4. The number of nitrogens with one attached hydrogen (secondary N) is 3. The summed E-state index contributed by atoms with van der Waals surface area (Å²) >= 11 is 0. The van der Waals surface area contributed by atoms with E-state index in [1.165, 1.54) is 18.5 Å². The Balaban J connectivity index is 1.99. The van der Waals surface area contributed by atoms with Crippen molar-refractivity contribution in [2.75, 3.05) is 11.9 Å². The molecule has 2 aromatic rings. The molecule has 2 rings (SSSR count). The van der Waals surface area contributed by atoms with Gasteiger partial charge in [-0.2, -0.15) is 0 Å². The average Bonchev–Trinajstić information content (AvgIpc) is 2.72. The number of carbonyl (C=O) groups excluding carboxylic acids is 3. The molecule has 0 spiro atoms. The number of aromatic nitrogens is 2. The molecule has 0 aromatic carbocycles. The van der Waals surface area contributed by atoms with Gasteiger partial charge in [-0.15, -0.1) is 0 Å². The number of anilines is 1. The van der Waals surface area contributed by atoms with Crippen LogP contribution in [0.25, 0.3) is 11.4 Å². The minimum absolute atomic E-state index is 0.215. The van der Waals surface area contributed by atoms with Crippen LogP contribution in [-0.2, 0) is 14.4 Å². The molecule has 3 amide bonds. The number of nitrogens with zero attached hydrogens (tertiary/aromatic N) is 2. The Hall–Kier alpha value is -3.82. The minimum atomic E-state index is -1.14. The first-order valence-corrected chi connectivity index (χ1v) is 8.82. The molecule has 2 aromatic heterocycles. The van der Waals surface area contributed by atoms with Crippen LogP contribution >= 0.6 is 0 Å². The quantitative estimate of drug-likeness (QED) is 0.513. The molecule has 1 atom stereocenters. The molecule has 10 nitrogen and oxygen atoms in total. The molecule has 0 saturated heterocycles. The minimum Gasteiger partial charge on any atom is -0.480 e. The van der Waals surface area contributed by atoms with E-state index in [1.54, 1.807) is 32.0 Å². The van der Waals surface area contributed by atoms with Gasteiger partial charge in [-0.05, 0) is 31.2 Å². The molecule has 0 aliphatic carbocycles. The summed E-state index contributed by atoms with van der Waals surface area (Å²) in [4.78, 5) is 54.1. The predicted molar refractivity (Wildman–Crippen MR) is 104 cm³/mol. The van der Waals surface area contributed by atoms with E-state index in [4.69, 9.17) is 5.11 Å². The molecule has 0 aliphatic heterocycles. The van der Waals surface area contributed by atoms with Gasteiger partial charge >= 0.3 is 5.97 Å². The van der Waals surface area contributed by atoms with Gasteiger partial charge in [0, 0.05) is 12.6 Å². The van der Waals surface area contributed by atoms with E-state index in [2.05, 4.69) is 25.9 Å². The molecule has 0 bridgehead atoms. The second-order valence-corrected chi connectivity index (χ2v) is 6.07. The summed E-state index contributed by atoms with van der Waals surface area (Å²) in [5, 5.41) is 16.1. The van der Waals surface area contributed by atoms with Gasteiger partial charge in [0.25, 0.3) is 5.91 Å². The Morgan fingerprint density at radius 3 is 2.21 bits per heavy atom. The standard InChI is InChI=1S/C19H21N5O5/c1-3-16(25)23-11(2)18(28)24-13-5-7-15(21-9-13)14-6-4-12(8-20-14)19(29)22-10-17(26)27/h4-9,11H,3,10H2,1-2H3,(H,22,29)(H,23,25)(H,24,28)(H,26,27)/t11-/m0/s1. The maximum absolute atomic E-state index is 12.1. The van der Waals surface area contributed by atoms with Gasteiger partial charge in [-0.1, -0.05) is 6.92 Å². The van der Waals surface area contributed by atoms with Crippen molar-refractivity contribution in [1.29, 1.82) is 0 Å². The maximum atomic E-state index is 12.1. The Bertz CT molecular complexity index is 896. The first kappa shape index (κ1) is 21.5. The Morgan fingerprint density at radius 1 is 1.03 bits per heavy atom. The lowest BCUT2D eigenvalue weighted by molar-refractivity contribution is -0.135. The van der Waals surface area contributed by atoms with Gasteiger partial charge in [0.15, 0.2) is 0 Å². The number of carbonyl (C=O) groups is 4. The van der Waals surface area contributed by atoms with E-state index < -0.39 is 24.5 Å². The van der Waals surface area contributed by atoms with E-state index in [0.29, 0.717) is 23.5 Å². The van der Waals surface area contributed by atoms with Crippen LogP contribution in [0.2, 0.25) is 0 Å². The van der Waals surface area contributed by atoms with Crippen molar-refractivity contribution in [3.63, 3.8) is 0 Å². The molecular weight excluding hydrogens is 378 g/mol. The number of pyridine rings is 2.